The fourth-order valence-corrected chi connectivity index (χ4v) is 3.12. The van der Waals surface area contributed by atoms with Crippen molar-refractivity contribution in [3.8, 4) is 0 Å². The maximum absolute atomic E-state index is 12.2. The largest absolute Gasteiger partial charge is 0.341 e. The minimum absolute atomic E-state index is 0. The SMILES string of the molecule is CCC(C)C(N)C(=O)N1CC2CCCC2C1.Cl. The molecule has 0 bridgehead atoms. The zero-order valence-corrected chi connectivity index (χ0v) is 11.7. The van der Waals surface area contributed by atoms with Gasteiger partial charge in [-0.1, -0.05) is 26.7 Å². The van der Waals surface area contributed by atoms with E-state index in [0.717, 1.165) is 31.3 Å². The lowest BCUT2D eigenvalue weighted by atomic mass is 9.99. The average Bonchev–Trinajstić information content (AvgIpc) is 2.85. The van der Waals surface area contributed by atoms with Gasteiger partial charge in [-0.2, -0.15) is 0 Å². The maximum Gasteiger partial charge on any atom is 0.239 e. The number of halogens is 1. The molecule has 1 saturated carbocycles. The van der Waals surface area contributed by atoms with Crippen molar-refractivity contribution in [3.63, 3.8) is 0 Å². The predicted octanol–water partition coefficient (Wildman–Crippen LogP) is 2.04. The van der Waals surface area contributed by atoms with Gasteiger partial charge in [0.05, 0.1) is 6.04 Å². The molecule has 0 aromatic carbocycles. The molecule has 4 atom stereocenters. The maximum atomic E-state index is 12.2. The second kappa shape index (κ2) is 6.05. The predicted molar refractivity (Wildman–Crippen MR) is 72.1 cm³/mol. The van der Waals surface area contributed by atoms with Crippen LogP contribution in [-0.4, -0.2) is 29.9 Å². The van der Waals surface area contributed by atoms with Gasteiger partial charge >= 0.3 is 0 Å². The highest BCUT2D eigenvalue weighted by Gasteiger charge is 2.39. The molecular formula is C13H25ClN2O. The molecule has 0 radical (unpaired) electrons. The van der Waals surface area contributed by atoms with Crippen LogP contribution in [0.15, 0.2) is 0 Å². The molecule has 17 heavy (non-hydrogen) atoms. The van der Waals surface area contributed by atoms with E-state index in [1.165, 1.54) is 19.3 Å². The molecular weight excluding hydrogens is 236 g/mol. The second-order valence-corrected chi connectivity index (χ2v) is 5.61. The lowest BCUT2D eigenvalue weighted by molar-refractivity contribution is -0.133. The number of nitrogens with two attached hydrogens (primary N) is 1. The Bertz CT molecular complexity index is 260. The molecule has 2 N–H and O–H groups in total. The van der Waals surface area contributed by atoms with Gasteiger partial charge < -0.3 is 10.6 Å². The van der Waals surface area contributed by atoms with E-state index in [-0.39, 0.29) is 24.4 Å². The first-order valence-electron chi connectivity index (χ1n) is 6.67. The summed E-state index contributed by atoms with van der Waals surface area (Å²) in [6.45, 7) is 6.09. The van der Waals surface area contributed by atoms with Crippen LogP contribution in [0.4, 0.5) is 0 Å². The summed E-state index contributed by atoms with van der Waals surface area (Å²) in [6.07, 6.45) is 4.96. The highest BCUT2D eigenvalue weighted by Crippen LogP contribution is 2.37. The molecule has 0 aromatic heterocycles. The molecule has 2 fully saturated rings. The molecule has 1 heterocycles. The normalized spacial score (nSPS) is 30.6. The summed E-state index contributed by atoms with van der Waals surface area (Å²) < 4.78 is 0. The van der Waals surface area contributed by atoms with E-state index in [4.69, 9.17) is 5.73 Å². The van der Waals surface area contributed by atoms with Crippen molar-refractivity contribution in [1.29, 1.82) is 0 Å². The van der Waals surface area contributed by atoms with Crippen molar-refractivity contribution in [2.24, 2.45) is 23.5 Å². The standard InChI is InChI=1S/C13H24N2O.ClH/c1-3-9(2)12(14)13(16)15-7-10-5-4-6-11(10)8-15;/h9-12H,3-8,14H2,1-2H3;1H. The van der Waals surface area contributed by atoms with Crippen LogP contribution in [-0.2, 0) is 4.79 Å². The molecule has 100 valence electrons. The van der Waals surface area contributed by atoms with Crippen molar-refractivity contribution < 1.29 is 4.79 Å². The smallest absolute Gasteiger partial charge is 0.239 e. The Labute approximate surface area is 111 Å². The Kier molecular flexibility index (Phi) is 5.26. The summed E-state index contributed by atoms with van der Waals surface area (Å²) in [4.78, 5) is 14.2. The summed E-state index contributed by atoms with van der Waals surface area (Å²) in [6, 6.07) is -0.288. The van der Waals surface area contributed by atoms with Crippen molar-refractivity contribution in [3.05, 3.63) is 0 Å². The minimum Gasteiger partial charge on any atom is -0.341 e. The third kappa shape index (κ3) is 2.94. The number of fused-ring (bicyclic) bond motifs is 1. The van der Waals surface area contributed by atoms with Gasteiger partial charge in [-0.25, -0.2) is 0 Å². The molecule has 1 amide bonds. The first-order valence-corrected chi connectivity index (χ1v) is 6.67. The third-order valence-corrected chi connectivity index (χ3v) is 4.58. The van der Waals surface area contributed by atoms with Gasteiger partial charge in [0.1, 0.15) is 0 Å². The molecule has 0 spiro atoms. The van der Waals surface area contributed by atoms with E-state index in [2.05, 4.69) is 13.8 Å². The number of hydrogen-bond donors (Lipinski definition) is 1. The molecule has 2 rings (SSSR count). The van der Waals surface area contributed by atoms with E-state index in [0.29, 0.717) is 5.92 Å². The van der Waals surface area contributed by atoms with Crippen LogP contribution in [0, 0.1) is 17.8 Å². The summed E-state index contributed by atoms with van der Waals surface area (Å²) in [7, 11) is 0. The van der Waals surface area contributed by atoms with Crippen LogP contribution in [0.1, 0.15) is 39.5 Å². The topological polar surface area (TPSA) is 46.3 Å². The van der Waals surface area contributed by atoms with Crippen LogP contribution in [0.2, 0.25) is 0 Å². The van der Waals surface area contributed by atoms with E-state index in [1.807, 2.05) is 4.90 Å². The molecule has 1 aliphatic carbocycles. The number of hydrogen-bond acceptors (Lipinski definition) is 2. The molecule has 1 saturated heterocycles. The first-order chi connectivity index (χ1) is 7.63. The number of nitrogens with zero attached hydrogens (tertiary/aromatic N) is 1. The van der Waals surface area contributed by atoms with E-state index >= 15 is 0 Å². The van der Waals surface area contributed by atoms with Crippen molar-refractivity contribution >= 4 is 18.3 Å². The molecule has 4 heteroatoms. The summed E-state index contributed by atoms with van der Waals surface area (Å²) in [5, 5.41) is 0. The quantitative estimate of drug-likeness (QED) is 0.844. The number of amides is 1. The molecule has 3 nitrogen and oxygen atoms in total. The highest BCUT2D eigenvalue weighted by molar-refractivity contribution is 5.85. The van der Waals surface area contributed by atoms with Crippen LogP contribution in [0.3, 0.4) is 0 Å². The number of likely N-dealkylation sites (tertiary alicyclic amines) is 1. The van der Waals surface area contributed by atoms with Crippen LogP contribution >= 0.6 is 12.4 Å². The summed E-state index contributed by atoms with van der Waals surface area (Å²) >= 11 is 0. The van der Waals surface area contributed by atoms with Gasteiger partial charge in [0.2, 0.25) is 5.91 Å². The Morgan fingerprint density at radius 3 is 2.35 bits per heavy atom. The highest BCUT2D eigenvalue weighted by atomic mass is 35.5. The van der Waals surface area contributed by atoms with Crippen molar-refractivity contribution in [1.82, 2.24) is 4.90 Å². The van der Waals surface area contributed by atoms with Gasteiger partial charge in [-0.05, 0) is 30.6 Å². The lowest BCUT2D eigenvalue weighted by Crippen LogP contribution is -2.46. The number of carbonyl (C=O) groups is 1. The number of rotatable bonds is 3. The summed E-state index contributed by atoms with van der Waals surface area (Å²) in [5.74, 6) is 2.03. The zero-order valence-electron chi connectivity index (χ0n) is 10.9. The van der Waals surface area contributed by atoms with Gasteiger partial charge in [0, 0.05) is 13.1 Å². The number of carbonyl (C=O) groups excluding carboxylic acids is 1. The Balaban J connectivity index is 0.00000144. The van der Waals surface area contributed by atoms with Gasteiger partial charge in [0.25, 0.3) is 0 Å². The second-order valence-electron chi connectivity index (χ2n) is 5.61. The van der Waals surface area contributed by atoms with Crippen LogP contribution in [0.5, 0.6) is 0 Å². The van der Waals surface area contributed by atoms with Gasteiger partial charge in [-0.3, -0.25) is 4.79 Å². The van der Waals surface area contributed by atoms with Gasteiger partial charge in [0.15, 0.2) is 0 Å². The Hall–Kier alpha value is -0.280. The molecule has 1 aliphatic heterocycles. The zero-order chi connectivity index (χ0) is 11.7. The fourth-order valence-electron chi connectivity index (χ4n) is 3.12. The Morgan fingerprint density at radius 2 is 1.88 bits per heavy atom. The van der Waals surface area contributed by atoms with Crippen LogP contribution < -0.4 is 5.73 Å². The van der Waals surface area contributed by atoms with Crippen molar-refractivity contribution in [2.45, 2.75) is 45.6 Å². The van der Waals surface area contributed by atoms with Gasteiger partial charge in [-0.15, -0.1) is 12.4 Å². The fraction of sp³-hybridized carbons (Fsp3) is 0.923. The molecule has 2 aliphatic rings. The monoisotopic (exact) mass is 260 g/mol. The lowest BCUT2D eigenvalue weighted by Gasteiger charge is -2.24. The first kappa shape index (κ1) is 14.8. The minimum atomic E-state index is -0.288. The Morgan fingerprint density at radius 1 is 1.35 bits per heavy atom. The molecule has 4 unspecified atom stereocenters. The molecule has 0 aromatic rings. The van der Waals surface area contributed by atoms with E-state index in [9.17, 15) is 4.79 Å². The average molecular weight is 261 g/mol. The van der Waals surface area contributed by atoms with E-state index < -0.39 is 0 Å². The van der Waals surface area contributed by atoms with Crippen molar-refractivity contribution in [2.75, 3.05) is 13.1 Å². The third-order valence-electron chi connectivity index (χ3n) is 4.58. The van der Waals surface area contributed by atoms with E-state index in [1.54, 1.807) is 0 Å². The summed E-state index contributed by atoms with van der Waals surface area (Å²) in [5.41, 5.74) is 6.01. The van der Waals surface area contributed by atoms with Crippen LogP contribution in [0.25, 0.3) is 0 Å².